The number of benzene rings is 2. The van der Waals surface area contributed by atoms with Gasteiger partial charge in [-0.2, -0.15) is 51.6 Å². The van der Waals surface area contributed by atoms with Crippen molar-refractivity contribution in [2.24, 2.45) is 0 Å². The van der Waals surface area contributed by atoms with Gasteiger partial charge in [0.2, 0.25) is 0 Å². The van der Waals surface area contributed by atoms with E-state index in [1.807, 2.05) is 0 Å². The zero-order valence-electron chi connectivity index (χ0n) is 26.4. The van der Waals surface area contributed by atoms with Crippen LogP contribution in [-0.2, 0) is 36.5 Å². The second-order valence-electron chi connectivity index (χ2n) is 10.5. The molecule has 0 saturated heterocycles. The molecule has 4 rings (SSSR count). The molecule has 53 heavy (non-hydrogen) atoms. The van der Waals surface area contributed by atoms with E-state index in [2.05, 4.69) is 15.3 Å². The molecule has 25 heteroatoms. The van der Waals surface area contributed by atoms with Gasteiger partial charge in [0, 0.05) is 22.5 Å². The van der Waals surface area contributed by atoms with E-state index in [4.69, 9.17) is 36.5 Å². The molecule has 1 amide bonds. The van der Waals surface area contributed by atoms with Crippen LogP contribution in [0.3, 0.4) is 0 Å². The van der Waals surface area contributed by atoms with Crippen molar-refractivity contribution in [3.63, 3.8) is 0 Å². The highest BCUT2D eigenvalue weighted by molar-refractivity contribution is 7.89. The summed E-state index contributed by atoms with van der Waals surface area (Å²) in [6, 6.07) is 11.3. The zero-order chi connectivity index (χ0) is 40.2. The van der Waals surface area contributed by atoms with Crippen LogP contribution in [0.1, 0.15) is 28.2 Å². The molecule has 14 nitrogen and oxygen atoms in total. The van der Waals surface area contributed by atoms with Crippen molar-refractivity contribution >= 4 is 65.3 Å². The van der Waals surface area contributed by atoms with Crippen LogP contribution in [0.25, 0.3) is 17.1 Å². The number of hydrogen-bond donors (Lipinski definition) is 3. The van der Waals surface area contributed by atoms with Gasteiger partial charge in [0.05, 0.1) is 40.0 Å². The van der Waals surface area contributed by atoms with E-state index in [-0.39, 0.29) is 33.8 Å². The first-order valence-electron chi connectivity index (χ1n) is 14.0. The van der Waals surface area contributed by atoms with Crippen LogP contribution in [0.5, 0.6) is 5.75 Å². The Kier molecular flexibility index (Phi) is 13.6. The number of aromatic nitrogens is 3. The SMILES string of the molecule is Cc1c(C(=O)Nc2ccc(C(F)(F)F)cn2)nc(-c2ccc(Cl)cc2Cl)n1-c1ccc(OS(=O)(=O)CCC(F)(F)F)cc1.O=S(=O)(O)CCS(=O)(=O)O. The summed E-state index contributed by atoms with van der Waals surface area (Å²) in [7, 11) is -13.1. The number of rotatable bonds is 11. The molecule has 0 atom stereocenters. The fourth-order valence-corrected chi connectivity index (χ4v) is 7.13. The monoisotopic (exact) mass is 856 g/mol. The Bertz CT molecular complexity index is 2260. The third-order valence-corrected chi connectivity index (χ3v) is 9.78. The van der Waals surface area contributed by atoms with Gasteiger partial charge in [0.15, 0.2) is 5.69 Å². The van der Waals surface area contributed by atoms with Gasteiger partial charge in [-0.15, -0.1) is 0 Å². The number of carbonyl (C=O) groups excluding carboxylic acids is 1. The number of hydrogen-bond acceptors (Lipinski definition) is 10. The maximum atomic E-state index is 13.2. The molecule has 0 fully saturated rings. The van der Waals surface area contributed by atoms with Crippen LogP contribution in [0.2, 0.25) is 10.0 Å². The summed E-state index contributed by atoms with van der Waals surface area (Å²) in [5.41, 5.74) is -0.283. The summed E-state index contributed by atoms with van der Waals surface area (Å²) in [5, 5.41) is 2.85. The quantitative estimate of drug-likeness (QED) is 0.0869. The number of nitrogens with zero attached hydrogens (tertiary/aromatic N) is 3. The van der Waals surface area contributed by atoms with Crippen LogP contribution in [0.4, 0.5) is 32.2 Å². The zero-order valence-corrected chi connectivity index (χ0v) is 30.3. The van der Waals surface area contributed by atoms with E-state index >= 15 is 0 Å². The second kappa shape index (κ2) is 16.6. The maximum Gasteiger partial charge on any atom is 0.417 e. The Morgan fingerprint density at radius 1 is 0.868 bits per heavy atom. The molecule has 0 saturated carbocycles. The predicted octanol–water partition coefficient (Wildman–Crippen LogP) is 6.24. The number of halogens is 8. The number of imidazole rings is 1. The molecule has 290 valence electrons. The van der Waals surface area contributed by atoms with Gasteiger partial charge >= 0.3 is 22.5 Å². The van der Waals surface area contributed by atoms with Gasteiger partial charge < -0.3 is 9.50 Å². The number of carbonyl (C=O) groups is 1. The van der Waals surface area contributed by atoms with E-state index in [1.165, 1.54) is 54.0 Å². The van der Waals surface area contributed by atoms with Gasteiger partial charge in [-0.05, 0) is 61.5 Å². The molecule has 0 aliphatic heterocycles. The normalized spacial score (nSPS) is 12.5. The van der Waals surface area contributed by atoms with Crippen molar-refractivity contribution in [3.05, 3.63) is 87.8 Å². The number of alkyl halides is 6. The highest BCUT2D eigenvalue weighted by atomic mass is 35.5. The second-order valence-corrected chi connectivity index (χ2v) is 16.2. The molecule has 2 aromatic heterocycles. The van der Waals surface area contributed by atoms with Crippen molar-refractivity contribution in [3.8, 4) is 22.8 Å². The average molecular weight is 858 g/mol. The highest BCUT2D eigenvalue weighted by Gasteiger charge is 2.32. The summed E-state index contributed by atoms with van der Waals surface area (Å²) in [6.45, 7) is 1.52. The van der Waals surface area contributed by atoms with Crippen molar-refractivity contribution in [1.82, 2.24) is 14.5 Å². The van der Waals surface area contributed by atoms with Crippen LogP contribution in [0, 0.1) is 6.92 Å². The predicted molar refractivity (Wildman–Crippen MR) is 179 cm³/mol. The summed E-state index contributed by atoms with van der Waals surface area (Å²) in [6.07, 6.45) is -10.3. The van der Waals surface area contributed by atoms with Crippen molar-refractivity contribution in [2.45, 2.75) is 25.7 Å². The molecule has 0 unspecified atom stereocenters. The summed E-state index contributed by atoms with van der Waals surface area (Å²) in [5.74, 6) is -4.35. The van der Waals surface area contributed by atoms with Crippen LogP contribution >= 0.6 is 23.2 Å². The minimum atomic E-state index is -4.69. The standard InChI is InChI=1S/C26H18Cl2F6N4O4S.C2H6O6S2/c1-14-22(24(39)36-21-9-2-15(13-35-21)26(32,33)34)37-23(19-8-3-16(27)12-20(19)28)38(14)17-4-6-18(7-5-17)42-43(40,41)11-10-25(29,30)31;3-9(4,5)1-2-10(6,7)8/h2-9,12-13H,10-11H2,1H3,(H,35,36,39);1-2H2,(H,3,4,5)(H,6,7,8). The van der Waals surface area contributed by atoms with E-state index in [9.17, 15) is 56.4 Å². The molecule has 2 heterocycles. The Balaban J connectivity index is 0.000000661. The Labute approximate surface area is 307 Å². The average Bonchev–Trinajstić information content (AvgIpc) is 3.35. The number of anilines is 1. The first-order chi connectivity index (χ1) is 24.1. The number of amides is 1. The van der Waals surface area contributed by atoms with Gasteiger partial charge in [0.25, 0.3) is 26.1 Å². The minimum Gasteiger partial charge on any atom is -0.382 e. The number of nitrogens with one attached hydrogen (secondary N) is 1. The highest BCUT2D eigenvalue weighted by Crippen LogP contribution is 2.34. The van der Waals surface area contributed by atoms with Gasteiger partial charge in [-0.3, -0.25) is 18.5 Å². The Morgan fingerprint density at radius 3 is 1.92 bits per heavy atom. The summed E-state index contributed by atoms with van der Waals surface area (Å²) < 4.78 is 162. The van der Waals surface area contributed by atoms with Gasteiger partial charge in [-0.1, -0.05) is 23.2 Å². The summed E-state index contributed by atoms with van der Waals surface area (Å²) >= 11 is 12.4. The Hall–Kier alpha value is -4.00. The lowest BCUT2D eigenvalue weighted by Crippen LogP contribution is -2.20. The fraction of sp³-hybridized carbons (Fsp3) is 0.250. The molecule has 0 spiro atoms. The molecule has 0 aliphatic rings. The first-order valence-corrected chi connectivity index (χ1v) is 19.6. The maximum absolute atomic E-state index is 13.2. The molecule has 0 aliphatic carbocycles. The largest absolute Gasteiger partial charge is 0.417 e. The molecule has 2 aromatic carbocycles. The molecular weight excluding hydrogens is 833 g/mol. The van der Waals surface area contributed by atoms with Gasteiger partial charge in [0.1, 0.15) is 17.4 Å². The first kappa shape index (κ1) is 43.4. The van der Waals surface area contributed by atoms with Crippen LogP contribution in [-0.4, -0.2) is 78.2 Å². The number of pyridine rings is 1. The molecule has 0 radical (unpaired) electrons. The van der Waals surface area contributed by atoms with E-state index in [1.54, 1.807) is 0 Å². The van der Waals surface area contributed by atoms with E-state index in [0.29, 0.717) is 22.5 Å². The van der Waals surface area contributed by atoms with E-state index < -0.39 is 77.9 Å². The molecule has 4 aromatic rings. The van der Waals surface area contributed by atoms with Crippen molar-refractivity contribution in [1.29, 1.82) is 0 Å². The van der Waals surface area contributed by atoms with Crippen LogP contribution in [0.15, 0.2) is 60.8 Å². The van der Waals surface area contributed by atoms with E-state index in [0.717, 1.165) is 12.1 Å². The van der Waals surface area contributed by atoms with Gasteiger partial charge in [-0.25, -0.2) is 9.97 Å². The molecule has 3 N–H and O–H groups in total. The smallest absolute Gasteiger partial charge is 0.382 e. The lowest BCUT2D eigenvalue weighted by atomic mass is 10.2. The molecular formula is C28H24Cl2F6N4O10S3. The Morgan fingerprint density at radius 2 is 1.45 bits per heavy atom. The van der Waals surface area contributed by atoms with Crippen molar-refractivity contribution in [2.75, 3.05) is 22.6 Å². The lowest BCUT2D eigenvalue weighted by Gasteiger charge is -2.13. The summed E-state index contributed by atoms with van der Waals surface area (Å²) in [4.78, 5) is 21.2. The fourth-order valence-electron chi connectivity index (χ4n) is 3.99. The van der Waals surface area contributed by atoms with Crippen molar-refractivity contribution < 1.29 is 69.7 Å². The third kappa shape index (κ3) is 13.7. The van der Waals surface area contributed by atoms with Crippen LogP contribution < -0.4 is 9.50 Å². The minimum absolute atomic E-state index is 0.135. The topological polar surface area (TPSA) is 212 Å². The lowest BCUT2D eigenvalue weighted by molar-refractivity contribution is -0.137. The molecule has 0 bridgehead atoms. The third-order valence-electron chi connectivity index (χ3n) is 6.38.